The van der Waals surface area contributed by atoms with E-state index in [1.807, 2.05) is 48.5 Å². The molecule has 236 valence electrons. The summed E-state index contributed by atoms with van der Waals surface area (Å²) in [5, 5.41) is 6.85. The lowest BCUT2D eigenvalue weighted by Crippen LogP contribution is -2.56. The number of hydrogen-bond donors (Lipinski definition) is 2. The first-order valence-corrected chi connectivity index (χ1v) is 17.5. The zero-order chi connectivity index (χ0) is 31.3. The van der Waals surface area contributed by atoms with E-state index in [1.165, 1.54) is 0 Å². The van der Waals surface area contributed by atoms with Crippen molar-refractivity contribution < 1.29 is 27.6 Å². The van der Waals surface area contributed by atoms with Gasteiger partial charge >= 0.3 is 0 Å². The van der Waals surface area contributed by atoms with Crippen LogP contribution in [0.25, 0.3) is 11.1 Å². The summed E-state index contributed by atoms with van der Waals surface area (Å²) in [5.74, 6) is -1.52. The highest BCUT2D eigenvalue weighted by Crippen LogP contribution is 2.45. The maximum absolute atomic E-state index is 13.9. The van der Waals surface area contributed by atoms with Gasteiger partial charge in [0.05, 0.1) is 11.8 Å². The standard InChI is InChI=1S/C34H38N4O6S/c1-2-22-19-34(22,33(41)37-45(42,43)24-15-16-24)35-32(40)29-18-23(20-38(29)30(39)17-21-9-3-4-10-21)44-36-31-27-13-7-5-11-25(27)26-12-6-8-14-28(26)31/h2,5-8,11-14,21-24,29H,1,3-4,9-10,15-20H2,(H,35,40)(H,37,41)/t22-,23?,29?,34-/m1/s1. The van der Waals surface area contributed by atoms with Crippen LogP contribution in [-0.2, 0) is 29.2 Å². The number of amides is 3. The molecule has 0 bridgehead atoms. The Balaban J connectivity index is 1.11. The van der Waals surface area contributed by atoms with Gasteiger partial charge in [0, 0.05) is 29.9 Å². The third-order valence-electron chi connectivity index (χ3n) is 10.0. The fourth-order valence-corrected chi connectivity index (χ4v) is 8.58. The van der Waals surface area contributed by atoms with Crippen molar-refractivity contribution in [2.75, 3.05) is 6.54 Å². The monoisotopic (exact) mass is 630 g/mol. The van der Waals surface area contributed by atoms with Gasteiger partial charge in [-0.1, -0.05) is 72.6 Å². The van der Waals surface area contributed by atoms with Crippen molar-refractivity contribution in [2.24, 2.45) is 17.0 Å². The number of rotatable bonds is 10. The van der Waals surface area contributed by atoms with E-state index in [0.717, 1.165) is 47.9 Å². The molecule has 11 heteroatoms. The topological polar surface area (TPSA) is 134 Å². The van der Waals surface area contributed by atoms with E-state index in [4.69, 9.17) is 4.84 Å². The van der Waals surface area contributed by atoms with Crippen LogP contribution in [0.2, 0.25) is 0 Å². The number of fused-ring (bicyclic) bond motifs is 3. The van der Waals surface area contributed by atoms with Crippen molar-refractivity contribution in [2.45, 2.75) is 80.7 Å². The second kappa shape index (κ2) is 11.4. The van der Waals surface area contributed by atoms with Gasteiger partial charge in [-0.2, -0.15) is 0 Å². The quantitative estimate of drug-likeness (QED) is 0.260. The molecule has 4 atom stereocenters. The van der Waals surface area contributed by atoms with Crippen molar-refractivity contribution in [3.05, 3.63) is 72.3 Å². The average molecular weight is 631 g/mol. The lowest BCUT2D eigenvalue weighted by atomic mass is 10.0. The maximum Gasteiger partial charge on any atom is 0.259 e. The fraction of sp³-hybridized carbons (Fsp3) is 0.471. The van der Waals surface area contributed by atoms with Crippen LogP contribution in [0.1, 0.15) is 68.9 Å². The molecule has 0 aromatic heterocycles. The summed E-state index contributed by atoms with van der Waals surface area (Å²) in [4.78, 5) is 48.5. The van der Waals surface area contributed by atoms with Gasteiger partial charge in [0.1, 0.15) is 23.4 Å². The highest BCUT2D eigenvalue weighted by molar-refractivity contribution is 7.91. The van der Waals surface area contributed by atoms with Crippen LogP contribution < -0.4 is 10.0 Å². The molecule has 2 aromatic carbocycles. The zero-order valence-corrected chi connectivity index (χ0v) is 25.9. The summed E-state index contributed by atoms with van der Waals surface area (Å²) in [5.41, 5.74) is 3.34. The molecule has 4 fully saturated rings. The molecule has 10 nitrogen and oxygen atoms in total. The Morgan fingerprint density at radius 2 is 1.60 bits per heavy atom. The third-order valence-corrected chi connectivity index (χ3v) is 11.8. The van der Waals surface area contributed by atoms with Crippen LogP contribution in [0.5, 0.6) is 0 Å². The highest BCUT2D eigenvalue weighted by atomic mass is 32.2. The molecule has 0 spiro atoms. The molecular formula is C34H38N4O6S. The summed E-state index contributed by atoms with van der Waals surface area (Å²) >= 11 is 0. The minimum absolute atomic E-state index is 0.122. The second-order valence-corrected chi connectivity index (χ2v) is 15.1. The van der Waals surface area contributed by atoms with Gasteiger partial charge in [-0.05, 0) is 49.1 Å². The highest BCUT2D eigenvalue weighted by Gasteiger charge is 2.62. The van der Waals surface area contributed by atoms with Crippen LogP contribution in [0.4, 0.5) is 0 Å². The zero-order valence-electron chi connectivity index (χ0n) is 25.1. The number of likely N-dealkylation sites (tertiary alicyclic amines) is 1. The molecule has 7 rings (SSSR count). The van der Waals surface area contributed by atoms with E-state index in [0.29, 0.717) is 25.0 Å². The summed E-state index contributed by atoms with van der Waals surface area (Å²) in [6.45, 7) is 3.96. The van der Waals surface area contributed by atoms with Gasteiger partial charge in [-0.15, -0.1) is 6.58 Å². The van der Waals surface area contributed by atoms with Crippen molar-refractivity contribution in [3.8, 4) is 11.1 Å². The Kier molecular flexibility index (Phi) is 7.54. The van der Waals surface area contributed by atoms with Gasteiger partial charge in [0.2, 0.25) is 21.8 Å². The minimum atomic E-state index is -3.80. The lowest BCUT2D eigenvalue weighted by molar-refractivity contribution is -0.140. The third kappa shape index (κ3) is 5.55. The fourth-order valence-electron chi connectivity index (χ4n) is 7.22. The largest absolute Gasteiger partial charge is 0.390 e. The number of benzene rings is 2. The molecule has 1 aliphatic heterocycles. The number of hydrogen-bond acceptors (Lipinski definition) is 7. The summed E-state index contributed by atoms with van der Waals surface area (Å²) in [6, 6.07) is 15.1. The van der Waals surface area contributed by atoms with E-state index in [-0.39, 0.29) is 31.2 Å². The molecule has 4 aliphatic carbocycles. The number of carbonyl (C=O) groups is 3. The molecule has 1 saturated heterocycles. The molecule has 0 radical (unpaired) electrons. The Bertz CT molecular complexity index is 1650. The Labute approximate surface area is 263 Å². The number of oxime groups is 1. The molecule has 2 aromatic rings. The van der Waals surface area contributed by atoms with E-state index < -0.39 is 50.7 Å². The first-order chi connectivity index (χ1) is 21.7. The minimum Gasteiger partial charge on any atom is -0.390 e. The van der Waals surface area contributed by atoms with Gasteiger partial charge in [0.15, 0.2) is 0 Å². The molecule has 2 unspecified atom stereocenters. The number of nitrogens with one attached hydrogen (secondary N) is 2. The van der Waals surface area contributed by atoms with Gasteiger partial charge < -0.3 is 15.1 Å². The molecular weight excluding hydrogens is 592 g/mol. The van der Waals surface area contributed by atoms with Crippen LogP contribution in [0.15, 0.2) is 66.3 Å². The van der Waals surface area contributed by atoms with Crippen molar-refractivity contribution in [1.29, 1.82) is 0 Å². The van der Waals surface area contributed by atoms with E-state index in [2.05, 4.69) is 21.8 Å². The average Bonchev–Trinajstić information content (AvgIpc) is 3.87. The second-order valence-electron chi connectivity index (χ2n) is 13.1. The van der Waals surface area contributed by atoms with E-state index >= 15 is 0 Å². The van der Waals surface area contributed by atoms with Crippen LogP contribution in [0, 0.1) is 11.8 Å². The maximum atomic E-state index is 13.9. The Morgan fingerprint density at radius 1 is 0.978 bits per heavy atom. The van der Waals surface area contributed by atoms with Gasteiger partial charge in [-0.3, -0.25) is 19.1 Å². The van der Waals surface area contributed by atoms with E-state index in [1.54, 1.807) is 11.0 Å². The first kappa shape index (κ1) is 29.7. The van der Waals surface area contributed by atoms with Crippen LogP contribution in [0.3, 0.4) is 0 Å². The molecule has 5 aliphatic rings. The molecule has 45 heavy (non-hydrogen) atoms. The number of sulfonamides is 1. The summed E-state index contributed by atoms with van der Waals surface area (Å²) < 4.78 is 27.3. The predicted octanol–water partition coefficient (Wildman–Crippen LogP) is 3.66. The molecule has 2 N–H and O–H groups in total. The Morgan fingerprint density at radius 3 is 2.18 bits per heavy atom. The van der Waals surface area contributed by atoms with Gasteiger partial charge in [0.25, 0.3) is 5.91 Å². The number of carbonyl (C=O) groups excluding carboxylic acids is 3. The summed E-state index contributed by atoms with van der Waals surface area (Å²) in [6.07, 6.45) is 6.98. The number of nitrogens with zero attached hydrogens (tertiary/aromatic N) is 2. The first-order valence-electron chi connectivity index (χ1n) is 15.9. The molecule has 3 amide bonds. The SMILES string of the molecule is C=C[C@@H]1C[C@]1(NC(=O)C1CC(ON=C2c3ccccc3-c3ccccc32)CN1C(=O)CC1CCCC1)C(=O)NS(=O)(=O)C1CC1. The lowest BCUT2D eigenvalue weighted by Gasteiger charge is -2.27. The smallest absolute Gasteiger partial charge is 0.259 e. The van der Waals surface area contributed by atoms with Crippen molar-refractivity contribution in [1.82, 2.24) is 14.9 Å². The molecule has 3 saturated carbocycles. The van der Waals surface area contributed by atoms with E-state index in [9.17, 15) is 22.8 Å². The normalized spacial score (nSPS) is 27.0. The predicted molar refractivity (Wildman–Crippen MR) is 168 cm³/mol. The Hall–Kier alpha value is -3.99. The van der Waals surface area contributed by atoms with Crippen LogP contribution >= 0.6 is 0 Å². The molecule has 1 heterocycles. The van der Waals surface area contributed by atoms with Crippen molar-refractivity contribution >= 4 is 33.5 Å². The van der Waals surface area contributed by atoms with Crippen LogP contribution in [-0.4, -0.2) is 66.2 Å². The van der Waals surface area contributed by atoms with Crippen molar-refractivity contribution in [3.63, 3.8) is 0 Å². The van der Waals surface area contributed by atoms with Gasteiger partial charge in [-0.25, -0.2) is 8.42 Å². The summed E-state index contributed by atoms with van der Waals surface area (Å²) in [7, 11) is -3.80.